The van der Waals surface area contributed by atoms with E-state index in [1.54, 1.807) is 31.2 Å². The summed E-state index contributed by atoms with van der Waals surface area (Å²) in [5.41, 5.74) is 4.24. The highest BCUT2D eigenvalue weighted by Gasteiger charge is 2.16. The summed E-state index contributed by atoms with van der Waals surface area (Å²) in [6.07, 6.45) is 0. The maximum atomic E-state index is 11.3. The zero-order valence-electron chi connectivity index (χ0n) is 14.3. The third-order valence-electron chi connectivity index (χ3n) is 3.92. The van der Waals surface area contributed by atoms with Crippen LogP contribution in [-0.2, 0) is 0 Å². The van der Waals surface area contributed by atoms with Gasteiger partial charge in [-0.1, -0.05) is 19.9 Å². The lowest BCUT2D eigenvalue weighted by Crippen LogP contribution is -1.91. The van der Waals surface area contributed by atoms with Crippen LogP contribution in [0.4, 0.5) is 11.5 Å². The van der Waals surface area contributed by atoms with Crippen molar-refractivity contribution in [2.45, 2.75) is 33.6 Å². The predicted molar refractivity (Wildman–Crippen MR) is 94.6 cm³/mol. The molecule has 0 saturated carbocycles. The highest BCUT2D eigenvalue weighted by Crippen LogP contribution is 2.30. The number of imidazole rings is 1. The third-order valence-corrected chi connectivity index (χ3v) is 3.92. The minimum Gasteiger partial charge on any atom is -0.295 e. The number of carbonyl (C=O) groups is 1. The summed E-state index contributed by atoms with van der Waals surface area (Å²) in [4.78, 5) is 16.0. The fourth-order valence-corrected chi connectivity index (χ4v) is 2.61. The maximum absolute atomic E-state index is 11.3. The van der Waals surface area contributed by atoms with E-state index in [-0.39, 0.29) is 11.7 Å². The van der Waals surface area contributed by atoms with Gasteiger partial charge in [0.05, 0.1) is 11.4 Å². The lowest BCUT2D eigenvalue weighted by molar-refractivity contribution is 0.101. The lowest BCUT2D eigenvalue weighted by atomic mass is 10.1. The van der Waals surface area contributed by atoms with Gasteiger partial charge in [0.15, 0.2) is 11.6 Å². The number of fused-ring (bicyclic) bond motifs is 1. The summed E-state index contributed by atoms with van der Waals surface area (Å²) in [5, 5.41) is 8.80. The van der Waals surface area contributed by atoms with Crippen LogP contribution in [0.3, 0.4) is 0 Å². The van der Waals surface area contributed by atoms with Crippen molar-refractivity contribution in [3.63, 3.8) is 0 Å². The van der Waals surface area contributed by atoms with Gasteiger partial charge in [-0.3, -0.25) is 9.20 Å². The summed E-state index contributed by atoms with van der Waals surface area (Å²) in [5.74, 6) is 1.05. The van der Waals surface area contributed by atoms with Crippen LogP contribution in [0.1, 0.15) is 48.4 Å². The highest BCUT2D eigenvalue weighted by atomic mass is 16.1. The monoisotopic (exact) mass is 320 g/mol. The van der Waals surface area contributed by atoms with E-state index in [9.17, 15) is 4.79 Å². The summed E-state index contributed by atoms with van der Waals surface area (Å²) < 4.78 is 2.02. The molecule has 3 rings (SSSR count). The van der Waals surface area contributed by atoms with Crippen molar-refractivity contribution in [3.05, 3.63) is 59.4 Å². The van der Waals surface area contributed by atoms with Crippen molar-refractivity contribution in [1.82, 2.24) is 9.38 Å². The molecule has 0 spiro atoms. The normalized spacial score (nSPS) is 11.7. The van der Waals surface area contributed by atoms with Gasteiger partial charge in [-0.25, -0.2) is 4.98 Å². The van der Waals surface area contributed by atoms with Gasteiger partial charge in [0.1, 0.15) is 5.65 Å². The zero-order chi connectivity index (χ0) is 17.3. The lowest BCUT2D eigenvalue weighted by Gasteiger charge is -2.04. The van der Waals surface area contributed by atoms with E-state index in [0.717, 1.165) is 22.9 Å². The fourth-order valence-electron chi connectivity index (χ4n) is 2.61. The molecule has 3 aromatic rings. The second kappa shape index (κ2) is 6.35. The average molecular weight is 320 g/mol. The Hall–Kier alpha value is -2.82. The van der Waals surface area contributed by atoms with Crippen molar-refractivity contribution in [3.8, 4) is 0 Å². The number of hydrogen-bond donors (Lipinski definition) is 0. The van der Waals surface area contributed by atoms with Gasteiger partial charge < -0.3 is 0 Å². The van der Waals surface area contributed by atoms with Crippen LogP contribution < -0.4 is 0 Å². The van der Waals surface area contributed by atoms with Gasteiger partial charge in [0.2, 0.25) is 0 Å². The van der Waals surface area contributed by atoms with E-state index in [0.29, 0.717) is 11.3 Å². The van der Waals surface area contributed by atoms with E-state index in [4.69, 9.17) is 0 Å². The first-order valence-electron chi connectivity index (χ1n) is 7.98. The number of pyridine rings is 1. The van der Waals surface area contributed by atoms with Crippen molar-refractivity contribution >= 4 is 22.9 Å². The molecule has 0 aliphatic rings. The first-order valence-corrected chi connectivity index (χ1v) is 7.98. The highest BCUT2D eigenvalue weighted by molar-refractivity contribution is 5.94. The van der Waals surface area contributed by atoms with Gasteiger partial charge in [0.25, 0.3) is 0 Å². The van der Waals surface area contributed by atoms with E-state index >= 15 is 0 Å². The molecule has 0 aliphatic heterocycles. The number of rotatable bonds is 4. The summed E-state index contributed by atoms with van der Waals surface area (Å²) in [6, 6.07) is 13.1. The van der Waals surface area contributed by atoms with Gasteiger partial charge in [0, 0.05) is 11.3 Å². The number of benzene rings is 1. The summed E-state index contributed by atoms with van der Waals surface area (Å²) >= 11 is 0. The number of nitrogens with zero attached hydrogens (tertiary/aromatic N) is 4. The Morgan fingerprint density at radius 3 is 2.42 bits per heavy atom. The van der Waals surface area contributed by atoms with Crippen LogP contribution in [0.15, 0.2) is 52.7 Å². The molecule has 0 atom stereocenters. The van der Waals surface area contributed by atoms with Crippen molar-refractivity contribution in [1.29, 1.82) is 0 Å². The van der Waals surface area contributed by atoms with Crippen molar-refractivity contribution in [2.24, 2.45) is 10.2 Å². The van der Waals surface area contributed by atoms with Gasteiger partial charge in [-0.05, 0) is 56.2 Å². The summed E-state index contributed by atoms with van der Waals surface area (Å²) in [6.45, 7) is 7.77. The Labute approximate surface area is 141 Å². The molecular formula is C19H20N4O. The van der Waals surface area contributed by atoms with E-state index in [1.165, 1.54) is 0 Å². The van der Waals surface area contributed by atoms with Crippen LogP contribution in [-0.4, -0.2) is 15.2 Å². The fraction of sp³-hybridized carbons (Fsp3) is 0.263. The Bertz CT molecular complexity index is 920. The number of hydrogen-bond acceptors (Lipinski definition) is 4. The molecule has 5 heteroatoms. The Morgan fingerprint density at radius 1 is 1.08 bits per heavy atom. The molecule has 0 amide bonds. The van der Waals surface area contributed by atoms with E-state index in [2.05, 4.69) is 29.1 Å². The van der Waals surface area contributed by atoms with Crippen LogP contribution in [0.2, 0.25) is 0 Å². The Morgan fingerprint density at radius 2 is 1.79 bits per heavy atom. The molecule has 0 N–H and O–H groups in total. The molecule has 0 aliphatic carbocycles. The van der Waals surface area contributed by atoms with Crippen LogP contribution >= 0.6 is 0 Å². The van der Waals surface area contributed by atoms with E-state index in [1.807, 2.05) is 29.5 Å². The Balaban J connectivity index is 2.05. The summed E-state index contributed by atoms with van der Waals surface area (Å²) in [7, 11) is 0. The zero-order valence-corrected chi connectivity index (χ0v) is 14.3. The number of ketones is 1. The maximum Gasteiger partial charge on any atom is 0.183 e. The SMILES string of the molecule is CC(=O)c1ccc(N=Nc2c(C(C)C)nc3cccc(C)n23)cc1. The number of carbonyl (C=O) groups excluding carboxylic acids is 1. The second-order valence-electron chi connectivity index (χ2n) is 6.14. The topological polar surface area (TPSA) is 59.1 Å². The number of Topliss-reactive ketones (excluding diaryl/α,β-unsaturated/α-hetero) is 1. The average Bonchev–Trinajstić information content (AvgIpc) is 2.93. The minimum atomic E-state index is 0.0398. The van der Waals surface area contributed by atoms with Gasteiger partial charge in [-0.2, -0.15) is 0 Å². The molecule has 5 nitrogen and oxygen atoms in total. The minimum absolute atomic E-state index is 0.0398. The molecule has 1 aromatic carbocycles. The van der Waals surface area contributed by atoms with Crippen LogP contribution in [0.5, 0.6) is 0 Å². The number of azo groups is 1. The number of aryl methyl sites for hydroxylation is 1. The molecule has 0 unspecified atom stereocenters. The molecule has 0 radical (unpaired) electrons. The molecule has 24 heavy (non-hydrogen) atoms. The predicted octanol–water partition coefficient (Wildman–Crippen LogP) is 5.38. The smallest absolute Gasteiger partial charge is 0.183 e. The van der Waals surface area contributed by atoms with Crippen LogP contribution in [0.25, 0.3) is 5.65 Å². The Kier molecular flexibility index (Phi) is 4.25. The standard InChI is InChI=1S/C19H20N4O/c1-12(2)18-19(23-13(3)6-5-7-17(23)20-18)22-21-16-10-8-15(9-11-16)14(4)24/h5-12H,1-4H3. The molecule has 122 valence electrons. The number of aromatic nitrogens is 2. The van der Waals surface area contributed by atoms with Crippen molar-refractivity contribution < 1.29 is 4.79 Å². The first-order chi connectivity index (χ1) is 11.5. The van der Waals surface area contributed by atoms with Gasteiger partial charge >= 0.3 is 0 Å². The molecule has 0 fully saturated rings. The van der Waals surface area contributed by atoms with Crippen LogP contribution in [0, 0.1) is 6.92 Å². The third kappa shape index (κ3) is 2.97. The molecule has 0 bridgehead atoms. The molecule has 0 saturated heterocycles. The first kappa shape index (κ1) is 16.1. The molecular weight excluding hydrogens is 300 g/mol. The molecule has 2 aromatic heterocycles. The largest absolute Gasteiger partial charge is 0.295 e. The second-order valence-corrected chi connectivity index (χ2v) is 6.14. The quantitative estimate of drug-likeness (QED) is 0.478. The van der Waals surface area contributed by atoms with Crippen molar-refractivity contribution in [2.75, 3.05) is 0 Å². The van der Waals surface area contributed by atoms with Gasteiger partial charge in [-0.15, -0.1) is 10.2 Å². The van der Waals surface area contributed by atoms with E-state index < -0.39 is 0 Å². The molecule has 2 heterocycles.